The molecule has 2 amide bonds. The predicted octanol–water partition coefficient (Wildman–Crippen LogP) is -0.672. The number of aromatic nitrogens is 2. The average Bonchev–Trinajstić information content (AvgIpc) is 3.17. The van der Waals surface area contributed by atoms with Crippen LogP contribution in [0.2, 0.25) is 0 Å². The van der Waals surface area contributed by atoms with Gasteiger partial charge >= 0.3 is 0 Å². The van der Waals surface area contributed by atoms with E-state index in [1.807, 2.05) is 0 Å². The lowest BCUT2D eigenvalue weighted by Crippen LogP contribution is -2.54. The normalized spacial score (nSPS) is 12.9. The van der Waals surface area contributed by atoms with Gasteiger partial charge in [-0.05, 0) is 12.1 Å². The van der Waals surface area contributed by atoms with Crippen LogP contribution in [-0.4, -0.2) is 57.6 Å². The quantitative estimate of drug-likeness (QED) is 0.350. The highest BCUT2D eigenvalue weighted by atomic mass is 16.6. The van der Waals surface area contributed by atoms with Gasteiger partial charge in [0, 0.05) is 37.5 Å². The number of carbonyl (C=O) groups excluding carboxylic acids is 2. The van der Waals surface area contributed by atoms with E-state index in [0.29, 0.717) is 11.4 Å². The molecular formula is C16H20N6O5. The molecule has 2 rings (SSSR count). The molecule has 0 spiro atoms. The van der Waals surface area contributed by atoms with Crippen molar-refractivity contribution in [3.05, 3.63) is 52.6 Å². The molecule has 144 valence electrons. The molecule has 11 nitrogen and oxygen atoms in total. The van der Waals surface area contributed by atoms with Gasteiger partial charge < -0.3 is 26.0 Å². The Morgan fingerprint density at radius 1 is 1.41 bits per heavy atom. The average molecular weight is 376 g/mol. The van der Waals surface area contributed by atoms with Crippen molar-refractivity contribution in [3.63, 3.8) is 0 Å². The molecule has 2 atom stereocenters. The maximum absolute atomic E-state index is 12.5. The van der Waals surface area contributed by atoms with E-state index in [2.05, 4.69) is 15.3 Å². The summed E-state index contributed by atoms with van der Waals surface area (Å²) in [5.74, 6) is -1.20. The Kier molecular flexibility index (Phi) is 6.57. The van der Waals surface area contributed by atoms with Crippen LogP contribution in [0.25, 0.3) is 0 Å². The van der Waals surface area contributed by atoms with Crippen molar-refractivity contribution in [2.24, 2.45) is 5.73 Å². The summed E-state index contributed by atoms with van der Waals surface area (Å²) in [6.45, 7) is -0.628. The number of hydrogen-bond acceptors (Lipinski definition) is 7. The number of aliphatic hydroxyl groups is 1. The molecule has 5 N–H and O–H groups in total. The number of hydrogen-bond donors (Lipinski definition) is 4. The van der Waals surface area contributed by atoms with E-state index in [1.54, 1.807) is 6.20 Å². The molecule has 0 fully saturated rings. The Hall–Kier alpha value is -3.31. The molecule has 0 aliphatic heterocycles. The number of amides is 2. The summed E-state index contributed by atoms with van der Waals surface area (Å²) >= 11 is 0. The van der Waals surface area contributed by atoms with Crippen molar-refractivity contribution in [1.29, 1.82) is 0 Å². The number of nitrogens with one attached hydrogen (secondary N) is 2. The molecule has 0 bridgehead atoms. The Balaban J connectivity index is 2.01. The molecule has 0 saturated carbocycles. The van der Waals surface area contributed by atoms with Gasteiger partial charge in [0.15, 0.2) is 0 Å². The number of aromatic amines is 1. The van der Waals surface area contributed by atoms with Gasteiger partial charge in [-0.1, -0.05) is 0 Å². The zero-order valence-corrected chi connectivity index (χ0v) is 14.5. The molecule has 1 aromatic carbocycles. The third kappa shape index (κ3) is 5.09. The van der Waals surface area contributed by atoms with E-state index < -0.39 is 35.4 Å². The van der Waals surface area contributed by atoms with E-state index in [-0.39, 0.29) is 12.1 Å². The van der Waals surface area contributed by atoms with Crippen LogP contribution in [0.5, 0.6) is 0 Å². The van der Waals surface area contributed by atoms with Crippen LogP contribution in [0.4, 0.5) is 11.4 Å². The van der Waals surface area contributed by atoms with E-state index in [4.69, 9.17) is 5.73 Å². The van der Waals surface area contributed by atoms with Crippen molar-refractivity contribution >= 4 is 23.2 Å². The number of aliphatic hydroxyl groups excluding tert-OH is 1. The van der Waals surface area contributed by atoms with Crippen LogP contribution < -0.4 is 16.0 Å². The Morgan fingerprint density at radius 2 is 2.07 bits per heavy atom. The zero-order chi connectivity index (χ0) is 20.0. The zero-order valence-electron chi connectivity index (χ0n) is 14.5. The van der Waals surface area contributed by atoms with E-state index in [9.17, 15) is 24.8 Å². The van der Waals surface area contributed by atoms with Crippen molar-refractivity contribution in [2.75, 3.05) is 18.6 Å². The minimum atomic E-state index is -1.21. The number of anilines is 1. The van der Waals surface area contributed by atoms with Gasteiger partial charge in [0.05, 0.1) is 29.6 Å². The number of non-ortho nitro benzene ring substituents is 1. The first-order valence-electron chi connectivity index (χ1n) is 8.00. The summed E-state index contributed by atoms with van der Waals surface area (Å²) < 4.78 is 0. The number of nitrogens with two attached hydrogens (primary N) is 1. The highest BCUT2D eigenvalue weighted by Gasteiger charge is 2.26. The highest BCUT2D eigenvalue weighted by molar-refractivity contribution is 5.99. The third-order valence-electron chi connectivity index (χ3n) is 3.90. The standard InChI is InChI=1S/C16H20N6O5/c1-21(11-2-4-12(5-3-11)22(26)27)16(25)14(8-23)20-15(24)13(17)6-10-7-18-9-19-10/h2-5,7,9,13-14,23H,6,8,17H2,1H3,(H,18,19)(H,20,24). The second kappa shape index (κ2) is 8.87. The van der Waals surface area contributed by atoms with E-state index in [0.717, 1.165) is 0 Å². The summed E-state index contributed by atoms with van der Waals surface area (Å²) in [7, 11) is 1.43. The number of nitro groups is 1. The topological polar surface area (TPSA) is 167 Å². The lowest BCUT2D eigenvalue weighted by Gasteiger charge is -2.24. The smallest absolute Gasteiger partial charge is 0.269 e. The van der Waals surface area contributed by atoms with Crippen LogP contribution >= 0.6 is 0 Å². The number of carbonyl (C=O) groups is 2. The third-order valence-corrected chi connectivity index (χ3v) is 3.90. The molecule has 2 aromatic rings. The van der Waals surface area contributed by atoms with Gasteiger partial charge in [0.2, 0.25) is 5.91 Å². The molecule has 11 heteroatoms. The first-order chi connectivity index (χ1) is 12.8. The van der Waals surface area contributed by atoms with Gasteiger partial charge in [-0.25, -0.2) is 4.98 Å². The monoisotopic (exact) mass is 376 g/mol. The molecule has 0 radical (unpaired) electrons. The van der Waals surface area contributed by atoms with Crippen LogP contribution in [0.3, 0.4) is 0 Å². The van der Waals surface area contributed by atoms with Gasteiger partial charge in [-0.15, -0.1) is 0 Å². The maximum atomic E-state index is 12.5. The first-order valence-corrected chi connectivity index (χ1v) is 8.00. The molecule has 0 aliphatic carbocycles. The van der Waals surface area contributed by atoms with Crippen LogP contribution in [0.1, 0.15) is 5.69 Å². The molecule has 0 saturated heterocycles. The number of imidazole rings is 1. The van der Waals surface area contributed by atoms with Crippen LogP contribution in [0, 0.1) is 10.1 Å². The minimum absolute atomic E-state index is 0.115. The fourth-order valence-corrected chi connectivity index (χ4v) is 2.34. The highest BCUT2D eigenvalue weighted by Crippen LogP contribution is 2.19. The summed E-state index contributed by atoms with van der Waals surface area (Å²) in [6, 6.07) is 3.16. The second-order valence-electron chi connectivity index (χ2n) is 5.79. The summed E-state index contributed by atoms with van der Waals surface area (Å²) in [6.07, 6.45) is 3.23. The Bertz CT molecular complexity index is 792. The number of benzene rings is 1. The molecule has 27 heavy (non-hydrogen) atoms. The lowest BCUT2D eigenvalue weighted by molar-refractivity contribution is -0.384. The van der Waals surface area contributed by atoms with Crippen molar-refractivity contribution in [2.45, 2.75) is 18.5 Å². The van der Waals surface area contributed by atoms with Crippen molar-refractivity contribution < 1.29 is 19.6 Å². The Labute approximate surface area is 154 Å². The summed E-state index contributed by atoms with van der Waals surface area (Å²) in [4.78, 5) is 42.8. The molecule has 2 unspecified atom stereocenters. The molecule has 0 aliphatic rings. The second-order valence-corrected chi connectivity index (χ2v) is 5.79. The molecule has 1 heterocycles. The number of H-pyrrole nitrogens is 1. The van der Waals surface area contributed by atoms with Crippen molar-refractivity contribution in [3.8, 4) is 0 Å². The van der Waals surface area contributed by atoms with Crippen LogP contribution in [-0.2, 0) is 16.0 Å². The fraction of sp³-hybridized carbons (Fsp3) is 0.312. The minimum Gasteiger partial charge on any atom is -0.394 e. The van der Waals surface area contributed by atoms with Gasteiger partial charge in [0.1, 0.15) is 6.04 Å². The van der Waals surface area contributed by atoms with Gasteiger partial charge in [-0.2, -0.15) is 0 Å². The Morgan fingerprint density at radius 3 is 2.59 bits per heavy atom. The largest absolute Gasteiger partial charge is 0.394 e. The number of rotatable bonds is 8. The summed E-state index contributed by atoms with van der Waals surface area (Å²) in [5.41, 5.74) is 6.66. The van der Waals surface area contributed by atoms with Crippen molar-refractivity contribution in [1.82, 2.24) is 15.3 Å². The van der Waals surface area contributed by atoms with E-state index in [1.165, 1.54) is 42.5 Å². The number of nitrogens with zero attached hydrogens (tertiary/aromatic N) is 3. The first kappa shape index (κ1) is 20.0. The van der Waals surface area contributed by atoms with E-state index >= 15 is 0 Å². The molecule has 1 aromatic heterocycles. The number of nitro benzene ring substituents is 1. The maximum Gasteiger partial charge on any atom is 0.269 e. The van der Waals surface area contributed by atoms with Gasteiger partial charge in [0.25, 0.3) is 11.6 Å². The molecular weight excluding hydrogens is 356 g/mol. The SMILES string of the molecule is CN(C(=O)C(CO)NC(=O)C(N)Cc1c[nH]cn1)c1ccc([N+](=O)[O-])cc1. The predicted molar refractivity (Wildman–Crippen MR) is 95.8 cm³/mol. The fourth-order valence-electron chi connectivity index (χ4n) is 2.34. The lowest BCUT2D eigenvalue weighted by atomic mass is 10.1. The summed E-state index contributed by atoms with van der Waals surface area (Å²) in [5, 5.41) is 22.6. The van der Waals surface area contributed by atoms with Gasteiger partial charge in [-0.3, -0.25) is 19.7 Å². The number of likely N-dealkylation sites (N-methyl/N-ethyl adjacent to an activating group) is 1. The van der Waals surface area contributed by atoms with Crippen LogP contribution in [0.15, 0.2) is 36.8 Å².